The molecule has 4 heteroatoms. The van der Waals surface area contributed by atoms with Gasteiger partial charge in [0.05, 0.1) is 0 Å². The van der Waals surface area contributed by atoms with Crippen molar-refractivity contribution in [2.45, 2.75) is 18.9 Å². The summed E-state index contributed by atoms with van der Waals surface area (Å²) < 4.78 is 0.979. The van der Waals surface area contributed by atoms with E-state index in [-0.39, 0.29) is 6.04 Å². The zero-order chi connectivity index (χ0) is 11.3. The van der Waals surface area contributed by atoms with Gasteiger partial charge in [0.2, 0.25) is 0 Å². The van der Waals surface area contributed by atoms with Gasteiger partial charge in [-0.2, -0.15) is 0 Å². The Morgan fingerprint density at radius 1 is 1.53 bits per heavy atom. The van der Waals surface area contributed by atoms with Crippen LogP contribution >= 0.6 is 15.9 Å². The number of benzene rings is 1. The van der Waals surface area contributed by atoms with Crippen LogP contribution in [0.4, 0.5) is 5.69 Å². The minimum absolute atomic E-state index is 0.00134. The third-order valence-corrected chi connectivity index (χ3v) is 2.70. The molecule has 0 saturated carbocycles. The molecule has 1 atom stereocenters. The molecule has 3 nitrogen and oxygen atoms in total. The number of hydrazine groups is 1. The average Bonchev–Trinajstić information content (AvgIpc) is 2.24. The van der Waals surface area contributed by atoms with Crippen molar-refractivity contribution in [1.82, 2.24) is 5.43 Å². The van der Waals surface area contributed by atoms with Crippen LogP contribution in [0.15, 0.2) is 22.7 Å². The fraction of sp³-hybridized carbons (Fsp3) is 0.273. The molecule has 0 aliphatic carbocycles. The molecule has 1 aromatic carbocycles. The summed E-state index contributed by atoms with van der Waals surface area (Å²) in [6.45, 7) is 0. The molecule has 80 valence electrons. The lowest BCUT2D eigenvalue weighted by Crippen LogP contribution is -2.28. The summed E-state index contributed by atoms with van der Waals surface area (Å²) in [5.41, 5.74) is 10.3. The van der Waals surface area contributed by atoms with E-state index in [0.717, 1.165) is 22.1 Å². The van der Waals surface area contributed by atoms with Crippen molar-refractivity contribution in [3.63, 3.8) is 0 Å². The summed E-state index contributed by atoms with van der Waals surface area (Å²) in [7, 11) is 0. The SMILES string of the molecule is C#CCCC(NN)c1cc(Br)ccc1N. The predicted octanol–water partition coefficient (Wildman–Crippen LogP) is 1.95. The van der Waals surface area contributed by atoms with Gasteiger partial charge in [0.1, 0.15) is 0 Å². The van der Waals surface area contributed by atoms with Gasteiger partial charge >= 0.3 is 0 Å². The van der Waals surface area contributed by atoms with E-state index in [9.17, 15) is 0 Å². The van der Waals surface area contributed by atoms with Crippen LogP contribution < -0.4 is 17.0 Å². The topological polar surface area (TPSA) is 64.1 Å². The normalized spacial score (nSPS) is 12.1. The largest absolute Gasteiger partial charge is 0.398 e. The maximum atomic E-state index is 5.87. The molecule has 1 unspecified atom stereocenters. The van der Waals surface area contributed by atoms with Crippen molar-refractivity contribution < 1.29 is 0 Å². The molecule has 15 heavy (non-hydrogen) atoms. The van der Waals surface area contributed by atoms with Crippen LogP contribution in [0, 0.1) is 12.3 Å². The van der Waals surface area contributed by atoms with Gasteiger partial charge in [-0.05, 0) is 30.2 Å². The van der Waals surface area contributed by atoms with Crippen molar-refractivity contribution in [3.05, 3.63) is 28.2 Å². The van der Waals surface area contributed by atoms with Gasteiger partial charge in [-0.25, -0.2) is 0 Å². The van der Waals surface area contributed by atoms with Gasteiger partial charge in [-0.3, -0.25) is 11.3 Å². The Kier molecular flexibility index (Phi) is 4.63. The predicted molar refractivity (Wildman–Crippen MR) is 66.7 cm³/mol. The van der Waals surface area contributed by atoms with E-state index in [1.165, 1.54) is 0 Å². The first kappa shape index (κ1) is 12.1. The Balaban J connectivity index is 2.91. The maximum Gasteiger partial charge on any atom is 0.0489 e. The maximum absolute atomic E-state index is 5.87. The van der Waals surface area contributed by atoms with Gasteiger partial charge < -0.3 is 5.73 Å². The molecule has 0 aromatic heterocycles. The molecule has 0 radical (unpaired) electrons. The zero-order valence-corrected chi connectivity index (χ0v) is 9.92. The molecule has 5 N–H and O–H groups in total. The van der Waals surface area contributed by atoms with Gasteiger partial charge in [-0.1, -0.05) is 15.9 Å². The van der Waals surface area contributed by atoms with Crippen molar-refractivity contribution in [2.24, 2.45) is 5.84 Å². The summed E-state index contributed by atoms with van der Waals surface area (Å²) in [5, 5.41) is 0. The van der Waals surface area contributed by atoms with Crippen LogP contribution in [-0.2, 0) is 0 Å². The highest BCUT2D eigenvalue weighted by Crippen LogP contribution is 2.26. The standard InChI is InChI=1S/C11H14BrN3/c1-2-3-4-11(15-14)9-7-8(12)5-6-10(9)13/h1,5-7,11,15H,3-4,13-14H2. The summed E-state index contributed by atoms with van der Waals surface area (Å²) in [6, 6.07) is 5.70. The number of anilines is 1. The number of rotatable bonds is 4. The number of terminal acetylenes is 1. The van der Waals surface area contributed by atoms with Crippen LogP contribution in [0.25, 0.3) is 0 Å². The summed E-state index contributed by atoms with van der Waals surface area (Å²) in [4.78, 5) is 0. The van der Waals surface area contributed by atoms with Crippen molar-refractivity contribution in [1.29, 1.82) is 0 Å². The van der Waals surface area contributed by atoms with Crippen LogP contribution in [0.2, 0.25) is 0 Å². The lowest BCUT2D eigenvalue weighted by molar-refractivity contribution is 0.525. The molecule has 0 saturated heterocycles. The van der Waals surface area contributed by atoms with Crippen LogP contribution in [-0.4, -0.2) is 0 Å². The van der Waals surface area contributed by atoms with E-state index < -0.39 is 0 Å². The first-order valence-corrected chi connectivity index (χ1v) is 5.43. The molecule has 0 spiro atoms. The fourth-order valence-electron chi connectivity index (χ4n) is 1.40. The van der Waals surface area contributed by atoms with E-state index in [0.29, 0.717) is 6.42 Å². The minimum Gasteiger partial charge on any atom is -0.398 e. The minimum atomic E-state index is -0.00134. The van der Waals surface area contributed by atoms with Gasteiger partial charge in [-0.15, -0.1) is 12.3 Å². The van der Waals surface area contributed by atoms with E-state index in [2.05, 4.69) is 27.3 Å². The van der Waals surface area contributed by atoms with Crippen LogP contribution in [0.1, 0.15) is 24.4 Å². The zero-order valence-electron chi connectivity index (χ0n) is 8.33. The molecule has 0 fully saturated rings. The smallest absolute Gasteiger partial charge is 0.0489 e. The van der Waals surface area contributed by atoms with E-state index in [1.807, 2.05) is 18.2 Å². The van der Waals surface area contributed by atoms with Crippen molar-refractivity contribution in [2.75, 3.05) is 5.73 Å². The van der Waals surface area contributed by atoms with E-state index in [1.54, 1.807) is 0 Å². The highest BCUT2D eigenvalue weighted by atomic mass is 79.9. The average molecular weight is 268 g/mol. The fourth-order valence-corrected chi connectivity index (χ4v) is 1.78. The third kappa shape index (κ3) is 3.24. The highest BCUT2D eigenvalue weighted by molar-refractivity contribution is 9.10. The molecule has 1 aromatic rings. The van der Waals surface area contributed by atoms with Crippen LogP contribution in [0.5, 0.6) is 0 Å². The number of halogens is 1. The van der Waals surface area contributed by atoms with Gasteiger partial charge in [0.15, 0.2) is 0 Å². The Labute approximate surface area is 98.3 Å². The number of nitrogen functional groups attached to an aromatic ring is 1. The summed E-state index contributed by atoms with van der Waals surface area (Å²) in [6.07, 6.45) is 6.66. The lowest BCUT2D eigenvalue weighted by Gasteiger charge is -2.17. The summed E-state index contributed by atoms with van der Waals surface area (Å²) in [5.74, 6) is 8.06. The number of nitrogens with two attached hydrogens (primary N) is 2. The number of hydrogen-bond acceptors (Lipinski definition) is 3. The van der Waals surface area contributed by atoms with E-state index >= 15 is 0 Å². The third-order valence-electron chi connectivity index (χ3n) is 2.20. The second-order valence-electron chi connectivity index (χ2n) is 3.24. The second-order valence-corrected chi connectivity index (χ2v) is 4.15. The molecule has 1 rings (SSSR count). The molecule has 0 aliphatic rings. The second kappa shape index (κ2) is 5.76. The van der Waals surface area contributed by atoms with Gasteiger partial charge in [0, 0.05) is 22.6 Å². The first-order chi connectivity index (χ1) is 7.19. The summed E-state index contributed by atoms with van der Waals surface area (Å²) >= 11 is 3.40. The molecule has 0 amide bonds. The lowest BCUT2D eigenvalue weighted by atomic mass is 10.0. The monoisotopic (exact) mass is 267 g/mol. The van der Waals surface area contributed by atoms with Crippen molar-refractivity contribution in [3.8, 4) is 12.3 Å². The number of hydrogen-bond donors (Lipinski definition) is 3. The highest BCUT2D eigenvalue weighted by Gasteiger charge is 2.12. The quantitative estimate of drug-likeness (QED) is 0.338. The molecule has 0 heterocycles. The Morgan fingerprint density at radius 2 is 2.27 bits per heavy atom. The molecular weight excluding hydrogens is 254 g/mol. The molecule has 0 aliphatic heterocycles. The molecule has 0 bridgehead atoms. The Bertz CT molecular complexity index is 371. The van der Waals surface area contributed by atoms with Crippen molar-refractivity contribution >= 4 is 21.6 Å². The molecular formula is C11H14BrN3. The van der Waals surface area contributed by atoms with E-state index in [4.69, 9.17) is 18.0 Å². The Morgan fingerprint density at radius 3 is 2.87 bits per heavy atom. The first-order valence-electron chi connectivity index (χ1n) is 4.63. The van der Waals surface area contributed by atoms with Gasteiger partial charge in [0.25, 0.3) is 0 Å². The number of nitrogens with one attached hydrogen (secondary N) is 1. The van der Waals surface area contributed by atoms with Crippen LogP contribution in [0.3, 0.4) is 0 Å². The Hall–Kier alpha value is -1.02.